The topological polar surface area (TPSA) is 97.0 Å². The molecule has 0 spiro atoms. The molecule has 0 atom stereocenters. The Kier molecular flexibility index (Phi) is 6.29. The van der Waals surface area contributed by atoms with Crippen LogP contribution in [0.3, 0.4) is 0 Å². The quantitative estimate of drug-likeness (QED) is 0.169. The summed E-state index contributed by atoms with van der Waals surface area (Å²) in [6.07, 6.45) is 1.19. The molecule has 33 heavy (non-hydrogen) atoms. The van der Waals surface area contributed by atoms with Crippen LogP contribution in [0.4, 0.5) is 0 Å². The SMILES string of the molecule is [B]c1cc(C(=O)c2c(CCC)oc3cc(OC(=O)c4ccccc4)c(O)cc23)cc(Br)c1O. The largest absolute Gasteiger partial charge is 0.507 e. The van der Waals surface area contributed by atoms with Crippen molar-refractivity contribution < 1.29 is 29.0 Å². The molecule has 2 N–H and O–H groups in total. The maximum Gasteiger partial charge on any atom is 0.343 e. The van der Waals surface area contributed by atoms with Gasteiger partial charge in [-0.25, -0.2) is 4.79 Å². The predicted octanol–water partition coefficient (Wildman–Crippen LogP) is 4.80. The van der Waals surface area contributed by atoms with Crippen molar-refractivity contribution in [2.75, 3.05) is 0 Å². The number of benzene rings is 3. The summed E-state index contributed by atoms with van der Waals surface area (Å²) in [6, 6.07) is 14.0. The summed E-state index contributed by atoms with van der Waals surface area (Å²) >= 11 is 3.20. The summed E-state index contributed by atoms with van der Waals surface area (Å²) in [7, 11) is 5.82. The number of ketones is 1. The smallest absolute Gasteiger partial charge is 0.343 e. The van der Waals surface area contributed by atoms with Crippen LogP contribution < -0.4 is 10.2 Å². The van der Waals surface area contributed by atoms with Gasteiger partial charge in [0, 0.05) is 23.4 Å². The van der Waals surface area contributed by atoms with Crippen LogP contribution in [-0.2, 0) is 6.42 Å². The molecule has 0 amide bonds. The lowest BCUT2D eigenvalue weighted by Gasteiger charge is -2.08. The third kappa shape index (κ3) is 4.39. The summed E-state index contributed by atoms with van der Waals surface area (Å²) in [5.41, 5.74) is 1.20. The number of phenols is 2. The predicted molar refractivity (Wildman–Crippen MR) is 128 cm³/mol. The van der Waals surface area contributed by atoms with Crippen molar-refractivity contribution in [3.05, 3.63) is 81.5 Å². The molecule has 0 saturated heterocycles. The third-order valence-corrected chi connectivity index (χ3v) is 5.72. The molecule has 1 heterocycles. The average Bonchev–Trinajstić information content (AvgIpc) is 3.14. The number of carbonyl (C=O) groups is 2. The molecule has 3 aromatic carbocycles. The highest BCUT2D eigenvalue weighted by molar-refractivity contribution is 9.10. The lowest BCUT2D eigenvalue weighted by Crippen LogP contribution is -2.11. The van der Waals surface area contributed by atoms with E-state index < -0.39 is 5.97 Å². The van der Waals surface area contributed by atoms with E-state index in [9.17, 15) is 19.8 Å². The number of ether oxygens (including phenoxy) is 1. The second-order valence-corrected chi connectivity index (χ2v) is 8.30. The number of furan rings is 1. The Labute approximate surface area is 199 Å². The van der Waals surface area contributed by atoms with Crippen molar-refractivity contribution in [2.24, 2.45) is 0 Å². The van der Waals surface area contributed by atoms with Gasteiger partial charge in [0.25, 0.3) is 0 Å². The van der Waals surface area contributed by atoms with E-state index in [0.29, 0.717) is 35.1 Å². The fourth-order valence-corrected chi connectivity index (χ4v) is 4.00. The van der Waals surface area contributed by atoms with Gasteiger partial charge in [0.1, 0.15) is 24.9 Å². The molecule has 6 nitrogen and oxygen atoms in total. The Balaban J connectivity index is 1.79. The molecule has 2 radical (unpaired) electrons. The molecule has 164 valence electrons. The standard InChI is InChI=1S/C25H18BBrO6/c1-2-6-19-22(23(29)14-9-16(26)24(30)17(27)10-14)15-11-18(28)21(12-20(15)32-19)33-25(31)13-7-4-3-5-8-13/h3-5,7-12,28,30H,2,6H2,1H3. The van der Waals surface area contributed by atoms with Gasteiger partial charge in [-0.3, -0.25) is 4.79 Å². The van der Waals surface area contributed by atoms with Gasteiger partial charge in [0.05, 0.1) is 15.6 Å². The highest BCUT2D eigenvalue weighted by atomic mass is 79.9. The van der Waals surface area contributed by atoms with E-state index in [1.165, 1.54) is 24.3 Å². The molecular formula is C25H18BBrO6. The Hall–Kier alpha value is -3.52. The van der Waals surface area contributed by atoms with Crippen LogP contribution in [0.1, 0.15) is 45.4 Å². The number of halogens is 1. The zero-order valence-electron chi connectivity index (χ0n) is 17.6. The molecule has 1 aromatic heterocycles. The summed E-state index contributed by atoms with van der Waals surface area (Å²) in [5, 5.41) is 20.8. The van der Waals surface area contributed by atoms with Gasteiger partial charge in [0.2, 0.25) is 0 Å². The number of hydrogen-bond acceptors (Lipinski definition) is 6. The van der Waals surface area contributed by atoms with Crippen molar-refractivity contribution in [2.45, 2.75) is 19.8 Å². The van der Waals surface area contributed by atoms with Crippen LogP contribution in [0.5, 0.6) is 17.2 Å². The third-order valence-electron chi connectivity index (χ3n) is 5.11. The first-order chi connectivity index (χ1) is 15.8. The van der Waals surface area contributed by atoms with Crippen LogP contribution in [0.2, 0.25) is 0 Å². The Bertz CT molecular complexity index is 1350. The second-order valence-electron chi connectivity index (χ2n) is 7.45. The summed E-state index contributed by atoms with van der Waals surface area (Å²) < 4.78 is 11.6. The molecule has 4 rings (SSSR count). The molecule has 0 aliphatic heterocycles. The Morgan fingerprint density at radius 2 is 1.79 bits per heavy atom. The number of esters is 1. The van der Waals surface area contributed by atoms with Crippen molar-refractivity contribution >= 4 is 52.0 Å². The molecule has 0 unspecified atom stereocenters. The molecule has 0 saturated carbocycles. The second kappa shape index (κ2) is 9.15. The normalized spacial score (nSPS) is 11.0. The van der Waals surface area contributed by atoms with Crippen LogP contribution in [0, 0.1) is 0 Å². The van der Waals surface area contributed by atoms with Gasteiger partial charge in [-0.15, -0.1) is 0 Å². The fraction of sp³-hybridized carbons (Fsp3) is 0.120. The van der Waals surface area contributed by atoms with E-state index >= 15 is 0 Å². The van der Waals surface area contributed by atoms with Gasteiger partial charge in [-0.1, -0.05) is 36.7 Å². The molecule has 4 aromatic rings. The van der Waals surface area contributed by atoms with Crippen molar-refractivity contribution in [1.29, 1.82) is 0 Å². The zero-order valence-corrected chi connectivity index (χ0v) is 19.2. The first kappa shape index (κ1) is 22.7. The minimum Gasteiger partial charge on any atom is -0.507 e. The van der Waals surface area contributed by atoms with Crippen LogP contribution in [0.15, 0.2) is 63.5 Å². The van der Waals surface area contributed by atoms with Crippen molar-refractivity contribution in [1.82, 2.24) is 0 Å². The highest BCUT2D eigenvalue weighted by Gasteiger charge is 2.25. The van der Waals surface area contributed by atoms with Gasteiger partial charge in [0.15, 0.2) is 17.3 Å². The number of rotatable bonds is 6. The van der Waals surface area contributed by atoms with E-state index in [2.05, 4.69) is 15.9 Å². The first-order valence-electron chi connectivity index (χ1n) is 10.2. The van der Waals surface area contributed by atoms with Crippen molar-refractivity contribution in [3.63, 3.8) is 0 Å². The van der Waals surface area contributed by atoms with Crippen LogP contribution in [0.25, 0.3) is 11.0 Å². The van der Waals surface area contributed by atoms with Crippen molar-refractivity contribution in [3.8, 4) is 17.2 Å². The number of fused-ring (bicyclic) bond motifs is 1. The minimum atomic E-state index is -0.633. The molecule has 0 aliphatic rings. The maximum atomic E-state index is 13.4. The molecular weight excluding hydrogens is 487 g/mol. The zero-order chi connectivity index (χ0) is 23.7. The average molecular weight is 505 g/mol. The van der Waals surface area contributed by atoms with Gasteiger partial charge in [-0.05, 0) is 46.6 Å². The number of aromatic hydroxyl groups is 2. The van der Waals surface area contributed by atoms with Crippen LogP contribution >= 0.6 is 15.9 Å². The van der Waals surface area contributed by atoms with Gasteiger partial charge >= 0.3 is 5.97 Å². The Morgan fingerprint density at radius 3 is 2.45 bits per heavy atom. The molecule has 0 fully saturated rings. The fourth-order valence-electron chi connectivity index (χ4n) is 3.53. The molecule has 0 aliphatic carbocycles. The minimum absolute atomic E-state index is 0.0514. The van der Waals surface area contributed by atoms with E-state index in [4.69, 9.17) is 17.0 Å². The summed E-state index contributed by atoms with van der Waals surface area (Å²) in [6.45, 7) is 1.95. The van der Waals surface area contributed by atoms with Gasteiger partial charge < -0.3 is 19.4 Å². The number of hydrogen-bond donors (Lipinski definition) is 2. The number of phenolic OH excluding ortho intramolecular Hbond substituents is 2. The maximum absolute atomic E-state index is 13.4. The highest BCUT2D eigenvalue weighted by Crippen LogP contribution is 2.38. The lowest BCUT2D eigenvalue weighted by molar-refractivity contribution is 0.0729. The summed E-state index contributed by atoms with van der Waals surface area (Å²) in [4.78, 5) is 25.8. The van der Waals surface area contributed by atoms with Gasteiger partial charge in [-0.2, -0.15) is 0 Å². The van der Waals surface area contributed by atoms with E-state index in [1.807, 2.05) is 6.92 Å². The Morgan fingerprint density at radius 1 is 1.06 bits per heavy atom. The summed E-state index contributed by atoms with van der Waals surface area (Å²) in [5.74, 6) is -1.12. The number of carbonyl (C=O) groups excluding carboxylic acids is 2. The molecule has 0 bridgehead atoms. The first-order valence-corrected chi connectivity index (χ1v) is 11.0. The van der Waals surface area contributed by atoms with E-state index in [1.54, 1.807) is 30.3 Å². The van der Waals surface area contributed by atoms with E-state index in [-0.39, 0.29) is 44.1 Å². The monoisotopic (exact) mass is 504 g/mol. The van der Waals surface area contributed by atoms with Crippen LogP contribution in [-0.4, -0.2) is 29.8 Å². The molecule has 8 heteroatoms. The lowest BCUT2D eigenvalue weighted by atomic mass is 9.90. The number of aryl methyl sites for hydroxylation is 1. The van der Waals surface area contributed by atoms with E-state index in [0.717, 1.165) is 0 Å².